The van der Waals surface area contributed by atoms with Crippen LogP contribution in [0.25, 0.3) is 11.1 Å². The molecule has 37 heavy (non-hydrogen) atoms. The van der Waals surface area contributed by atoms with Crippen LogP contribution in [-0.2, 0) is 10.2 Å². The van der Waals surface area contributed by atoms with Gasteiger partial charge in [-0.2, -0.15) is 0 Å². The molecule has 0 radical (unpaired) electrons. The third-order valence-corrected chi connectivity index (χ3v) is 6.09. The SMILES string of the molecule is COc1ccc(C(C)(C)c2ccc(OC(=O)Oc3ccc(-c4ccc(OC(C)=O)cc4)cc3)cc2)cc1. The summed E-state index contributed by atoms with van der Waals surface area (Å²) in [5.41, 5.74) is 3.83. The van der Waals surface area contributed by atoms with E-state index in [9.17, 15) is 9.59 Å². The van der Waals surface area contributed by atoms with Gasteiger partial charge >= 0.3 is 12.1 Å². The molecule has 0 heterocycles. The molecule has 6 nitrogen and oxygen atoms in total. The van der Waals surface area contributed by atoms with Crippen LogP contribution in [0.5, 0.6) is 23.0 Å². The molecular formula is C31H28O6. The van der Waals surface area contributed by atoms with E-state index in [1.807, 2.05) is 60.7 Å². The molecule has 4 aromatic rings. The fourth-order valence-corrected chi connectivity index (χ4v) is 3.92. The fraction of sp³-hybridized carbons (Fsp3) is 0.161. The number of carbonyl (C=O) groups excluding carboxylic acids is 2. The van der Waals surface area contributed by atoms with E-state index in [0.717, 1.165) is 28.0 Å². The van der Waals surface area contributed by atoms with E-state index in [2.05, 4.69) is 13.8 Å². The third-order valence-electron chi connectivity index (χ3n) is 6.09. The zero-order valence-electron chi connectivity index (χ0n) is 21.2. The van der Waals surface area contributed by atoms with Crippen molar-refractivity contribution in [3.63, 3.8) is 0 Å². The van der Waals surface area contributed by atoms with Gasteiger partial charge in [0.25, 0.3) is 0 Å². The highest BCUT2D eigenvalue weighted by Gasteiger charge is 2.23. The van der Waals surface area contributed by atoms with Crippen molar-refractivity contribution in [1.29, 1.82) is 0 Å². The number of carbonyl (C=O) groups is 2. The lowest BCUT2D eigenvalue weighted by atomic mass is 9.78. The standard InChI is InChI=1S/C31H28O6/c1-21(32)35-27-13-5-22(6-14-27)23-7-15-28(16-8-23)36-30(33)37-29-19-11-25(12-20-29)31(2,3)24-9-17-26(34-4)18-10-24/h5-20H,1-4H3. The first-order valence-corrected chi connectivity index (χ1v) is 11.8. The van der Waals surface area contributed by atoms with Crippen LogP contribution in [0, 0.1) is 0 Å². The first kappa shape index (κ1) is 25.5. The lowest BCUT2D eigenvalue weighted by molar-refractivity contribution is -0.131. The predicted molar refractivity (Wildman–Crippen MR) is 141 cm³/mol. The molecule has 0 aliphatic carbocycles. The van der Waals surface area contributed by atoms with Crippen LogP contribution in [0.1, 0.15) is 31.9 Å². The molecule has 0 fully saturated rings. The Morgan fingerprint density at radius 3 is 1.27 bits per heavy atom. The molecule has 0 bridgehead atoms. The Morgan fingerprint density at radius 1 is 0.541 bits per heavy atom. The number of hydrogen-bond acceptors (Lipinski definition) is 6. The number of rotatable bonds is 7. The van der Waals surface area contributed by atoms with Crippen LogP contribution in [0.15, 0.2) is 97.1 Å². The van der Waals surface area contributed by atoms with E-state index in [-0.39, 0.29) is 11.4 Å². The van der Waals surface area contributed by atoms with Crippen LogP contribution < -0.4 is 18.9 Å². The van der Waals surface area contributed by atoms with Gasteiger partial charge in [-0.15, -0.1) is 0 Å². The Morgan fingerprint density at radius 2 is 0.892 bits per heavy atom. The number of hydrogen-bond donors (Lipinski definition) is 0. The Balaban J connectivity index is 1.35. The first-order valence-electron chi connectivity index (χ1n) is 11.8. The van der Waals surface area contributed by atoms with Gasteiger partial charge in [0.05, 0.1) is 7.11 Å². The zero-order chi connectivity index (χ0) is 26.4. The fourth-order valence-electron chi connectivity index (χ4n) is 3.92. The second-order valence-electron chi connectivity index (χ2n) is 8.97. The summed E-state index contributed by atoms with van der Waals surface area (Å²) in [5, 5.41) is 0. The molecule has 0 aliphatic heterocycles. The van der Waals surface area contributed by atoms with Crippen molar-refractivity contribution >= 4 is 12.1 Å². The average Bonchev–Trinajstić information content (AvgIpc) is 2.89. The molecule has 4 aromatic carbocycles. The van der Waals surface area contributed by atoms with Gasteiger partial charge in [0.2, 0.25) is 0 Å². The Hall–Kier alpha value is -4.58. The minimum atomic E-state index is -0.819. The third kappa shape index (κ3) is 6.35. The lowest BCUT2D eigenvalue weighted by Crippen LogP contribution is -2.19. The smallest absolute Gasteiger partial charge is 0.497 e. The van der Waals surface area contributed by atoms with E-state index in [1.165, 1.54) is 6.92 Å². The Bertz CT molecular complexity index is 1350. The van der Waals surface area contributed by atoms with Crippen molar-refractivity contribution in [1.82, 2.24) is 0 Å². The van der Waals surface area contributed by atoms with Gasteiger partial charge in [-0.25, -0.2) is 4.79 Å². The summed E-state index contributed by atoms with van der Waals surface area (Å²) in [6.45, 7) is 5.63. The normalized spacial score (nSPS) is 10.9. The maximum absolute atomic E-state index is 12.3. The highest BCUT2D eigenvalue weighted by atomic mass is 16.7. The van der Waals surface area contributed by atoms with Gasteiger partial charge in [0, 0.05) is 12.3 Å². The summed E-state index contributed by atoms with van der Waals surface area (Å²) in [7, 11) is 1.65. The van der Waals surface area contributed by atoms with Gasteiger partial charge in [-0.1, -0.05) is 62.4 Å². The molecule has 0 atom stereocenters. The van der Waals surface area contributed by atoms with Crippen LogP contribution in [-0.4, -0.2) is 19.2 Å². The second-order valence-corrected chi connectivity index (χ2v) is 8.97. The molecule has 0 aliphatic rings. The molecule has 0 unspecified atom stereocenters. The molecule has 0 N–H and O–H groups in total. The first-order chi connectivity index (χ1) is 17.7. The molecule has 188 valence electrons. The summed E-state index contributed by atoms with van der Waals surface area (Å²) in [4.78, 5) is 23.4. The quantitative estimate of drug-likeness (QED) is 0.153. The summed E-state index contributed by atoms with van der Waals surface area (Å²) < 4.78 is 21.0. The molecule has 0 aromatic heterocycles. The van der Waals surface area contributed by atoms with E-state index in [4.69, 9.17) is 18.9 Å². The molecule has 6 heteroatoms. The number of esters is 1. The van der Waals surface area contributed by atoms with Gasteiger partial charge in [0.1, 0.15) is 23.0 Å². The van der Waals surface area contributed by atoms with Crippen molar-refractivity contribution in [2.24, 2.45) is 0 Å². The second kappa shape index (κ2) is 11.0. The van der Waals surface area contributed by atoms with E-state index in [0.29, 0.717) is 17.2 Å². The largest absolute Gasteiger partial charge is 0.519 e. The van der Waals surface area contributed by atoms with Crippen molar-refractivity contribution < 1.29 is 28.5 Å². The molecular weight excluding hydrogens is 468 g/mol. The molecule has 0 amide bonds. The van der Waals surface area contributed by atoms with Crippen LogP contribution in [0.2, 0.25) is 0 Å². The van der Waals surface area contributed by atoms with Crippen molar-refractivity contribution in [3.8, 4) is 34.1 Å². The maximum Gasteiger partial charge on any atom is 0.519 e. The highest BCUT2D eigenvalue weighted by Crippen LogP contribution is 2.33. The predicted octanol–water partition coefficient (Wildman–Crippen LogP) is 7.19. The molecule has 0 saturated heterocycles. The van der Waals surface area contributed by atoms with Crippen molar-refractivity contribution in [3.05, 3.63) is 108 Å². The van der Waals surface area contributed by atoms with Gasteiger partial charge in [-0.3, -0.25) is 4.79 Å². The van der Waals surface area contributed by atoms with Gasteiger partial charge in [0.15, 0.2) is 0 Å². The number of methoxy groups -OCH3 is 1. The number of benzene rings is 4. The molecule has 0 saturated carbocycles. The Labute approximate surface area is 216 Å². The maximum atomic E-state index is 12.3. The van der Waals surface area contributed by atoms with Gasteiger partial charge < -0.3 is 18.9 Å². The monoisotopic (exact) mass is 496 g/mol. The van der Waals surface area contributed by atoms with Gasteiger partial charge in [-0.05, 0) is 70.8 Å². The van der Waals surface area contributed by atoms with E-state index in [1.54, 1.807) is 43.5 Å². The summed E-state index contributed by atoms with van der Waals surface area (Å²) >= 11 is 0. The minimum Gasteiger partial charge on any atom is -0.497 e. The number of ether oxygens (including phenoxy) is 4. The highest BCUT2D eigenvalue weighted by molar-refractivity contribution is 5.71. The summed E-state index contributed by atoms with van der Waals surface area (Å²) in [6, 6.07) is 29.6. The molecule has 4 rings (SSSR count). The van der Waals surface area contributed by atoms with E-state index >= 15 is 0 Å². The van der Waals surface area contributed by atoms with E-state index < -0.39 is 6.16 Å². The average molecular weight is 497 g/mol. The zero-order valence-corrected chi connectivity index (χ0v) is 21.2. The minimum absolute atomic E-state index is 0.242. The molecule has 0 spiro atoms. The van der Waals surface area contributed by atoms with Crippen molar-refractivity contribution in [2.75, 3.05) is 7.11 Å². The lowest BCUT2D eigenvalue weighted by Gasteiger charge is -2.26. The topological polar surface area (TPSA) is 71.1 Å². The Kier molecular flexibility index (Phi) is 7.58. The van der Waals surface area contributed by atoms with Crippen LogP contribution >= 0.6 is 0 Å². The van der Waals surface area contributed by atoms with Crippen LogP contribution in [0.3, 0.4) is 0 Å². The summed E-state index contributed by atoms with van der Waals surface area (Å²) in [5.74, 6) is 1.68. The summed E-state index contributed by atoms with van der Waals surface area (Å²) in [6.07, 6.45) is -0.819. The van der Waals surface area contributed by atoms with Crippen LogP contribution in [0.4, 0.5) is 4.79 Å². The van der Waals surface area contributed by atoms with Crippen molar-refractivity contribution in [2.45, 2.75) is 26.2 Å².